The van der Waals surface area contributed by atoms with Gasteiger partial charge in [-0.25, -0.2) is 0 Å². The van der Waals surface area contributed by atoms with Crippen LogP contribution < -0.4 is 10.3 Å². The van der Waals surface area contributed by atoms with E-state index in [1.165, 1.54) is 17.7 Å². The standard InChI is InChI=1S/C18H26N2O/c1-5-7-11-20(6-2)12-16-14(4)19-17-13(3)9-8-10-15(17)18(16)21/h8-10H,5-7,11-12H2,1-4H3,(H,19,21)/p+1. The molecule has 114 valence electrons. The predicted octanol–water partition coefficient (Wildman–Crippen LogP) is 2.35. The lowest BCUT2D eigenvalue weighted by Gasteiger charge is -2.18. The average molecular weight is 287 g/mol. The highest BCUT2D eigenvalue weighted by atomic mass is 16.1. The van der Waals surface area contributed by atoms with Crippen LogP contribution in [0.25, 0.3) is 10.9 Å². The van der Waals surface area contributed by atoms with Gasteiger partial charge in [-0.1, -0.05) is 25.5 Å². The van der Waals surface area contributed by atoms with Gasteiger partial charge in [0.25, 0.3) is 0 Å². The summed E-state index contributed by atoms with van der Waals surface area (Å²) in [6, 6.07) is 5.94. The summed E-state index contributed by atoms with van der Waals surface area (Å²) in [6.07, 6.45) is 2.42. The Morgan fingerprint density at radius 1 is 1.19 bits per heavy atom. The van der Waals surface area contributed by atoms with Crippen LogP contribution in [0.5, 0.6) is 0 Å². The van der Waals surface area contributed by atoms with Crippen molar-refractivity contribution in [3.05, 3.63) is 45.2 Å². The molecule has 0 radical (unpaired) electrons. The number of rotatable bonds is 6. The van der Waals surface area contributed by atoms with Gasteiger partial charge in [0.05, 0.1) is 24.2 Å². The van der Waals surface area contributed by atoms with E-state index in [0.717, 1.165) is 47.4 Å². The lowest BCUT2D eigenvalue weighted by atomic mass is 10.1. The Kier molecular flexibility index (Phi) is 5.18. The molecule has 0 amide bonds. The van der Waals surface area contributed by atoms with Crippen molar-refractivity contribution >= 4 is 10.9 Å². The molecule has 0 bridgehead atoms. The highest BCUT2D eigenvalue weighted by Crippen LogP contribution is 2.14. The number of aromatic amines is 1. The molecule has 2 rings (SSSR count). The summed E-state index contributed by atoms with van der Waals surface area (Å²) in [4.78, 5) is 17.7. The summed E-state index contributed by atoms with van der Waals surface area (Å²) in [5.41, 5.74) is 4.28. The van der Waals surface area contributed by atoms with Gasteiger partial charge in [-0.3, -0.25) is 4.79 Å². The summed E-state index contributed by atoms with van der Waals surface area (Å²) in [6.45, 7) is 11.5. The largest absolute Gasteiger partial charge is 0.358 e. The molecule has 2 aromatic rings. The Morgan fingerprint density at radius 3 is 2.62 bits per heavy atom. The third-order valence-corrected chi connectivity index (χ3v) is 4.37. The number of nitrogens with one attached hydrogen (secondary N) is 2. The topological polar surface area (TPSA) is 37.3 Å². The first-order valence-electron chi connectivity index (χ1n) is 8.03. The number of aromatic nitrogens is 1. The number of para-hydroxylation sites is 1. The maximum absolute atomic E-state index is 12.8. The molecule has 0 saturated heterocycles. The number of H-pyrrole nitrogens is 1. The summed E-state index contributed by atoms with van der Waals surface area (Å²) in [7, 11) is 0. The lowest BCUT2D eigenvalue weighted by Crippen LogP contribution is -3.10. The molecular weight excluding hydrogens is 260 g/mol. The fourth-order valence-electron chi connectivity index (χ4n) is 2.90. The SMILES string of the molecule is CCCC[NH+](CC)Cc1c(C)[nH]c2c(C)cccc2c1=O. The van der Waals surface area contributed by atoms with Gasteiger partial charge in [0, 0.05) is 11.1 Å². The zero-order valence-electron chi connectivity index (χ0n) is 13.7. The first-order chi connectivity index (χ1) is 10.1. The average Bonchev–Trinajstić information content (AvgIpc) is 2.48. The van der Waals surface area contributed by atoms with E-state index in [2.05, 4.69) is 18.8 Å². The van der Waals surface area contributed by atoms with Crippen molar-refractivity contribution in [1.82, 2.24) is 4.98 Å². The van der Waals surface area contributed by atoms with Crippen LogP contribution in [-0.2, 0) is 6.54 Å². The van der Waals surface area contributed by atoms with Crippen LogP contribution in [0.1, 0.15) is 43.5 Å². The van der Waals surface area contributed by atoms with Gasteiger partial charge < -0.3 is 9.88 Å². The molecule has 0 spiro atoms. The Balaban J connectivity index is 2.42. The molecule has 0 fully saturated rings. The zero-order valence-corrected chi connectivity index (χ0v) is 13.7. The van der Waals surface area contributed by atoms with Crippen molar-refractivity contribution in [2.45, 2.75) is 47.1 Å². The number of benzene rings is 1. The number of fused-ring (bicyclic) bond motifs is 1. The fourth-order valence-corrected chi connectivity index (χ4v) is 2.90. The van der Waals surface area contributed by atoms with Crippen LogP contribution in [0.4, 0.5) is 0 Å². The molecule has 3 nitrogen and oxygen atoms in total. The molecule has 3 heteroatoms. The lowest BCUT2D eigenvalue weighted by molar-refractivity contribution is -0.912. The third kappa shape index (κ3) is 3.35. The minimum Gasteiger partial charge on any atom is -0.358 e. The normalized spacial score (nSPS) is 12.8. The number of unbranched alkanes of at least 4 members (excludes halogenated alkanes) is 1. The molecule has 1 unspecified atom stereocenters. The molecule has 1 aromatic carbocycles. The number of aryl methyl sites for hydroxylation is 2. The van der Waals surface area contributed by atoms with Crippen LogP contribution >= 0.6 is 0 Å². The van der Waals surface area contributed by atoms with Gasteiger partial charge in [0.15, 0.2) is 5.43 Å². The minimum absolute atomic E-state index is 0.201. The first-order valence-corrected chi connectivity index (χ1v) is 8.03. The van der Waals surface area contributed by atoms with Crippen molar-refractivity contribution < 1.29 is 4.90 Å². The van der Waals surface area contributed by atoms with Gasteiger partial charge in [-0.15, -0.1) is 0 Å². The highest BCUT2D eigenvalue weighted by Gasteiger charge is 2.15. The molecule has 0 saturated carbocycles. The number of quaternary nitrogens is 1. The maximum atomic E-state index is 12.8. The van der Waals surface area contributed by atoms with Gasteiger partial charge in [-0.05, 0) is 38.8 Å². The molecular formula is C18H27N2O+. The van der Waals surface area contributed by atoms with Crippen LogP contribution in [0.15, 0.2) is 23.0 Å². The summed E-state index contributed by atoms with van der Waals surface area (Å²) in [5.74, 6) is 0. The summed E-state index contributed by atoms with van der Waals surface area (Å²) < 4.78 is 0. The van der Waals surface area contributed by atoms with E-state index in [0.29, 0.717) is 0 Å². The molecule has 21 heavy (non-hydrogen) atoms. The molecule has 0 aliphatic carbocycles. The van der Waals surface area contributed by atoms with E-state index >= 15 is 0 Å². The van der Waals surface area contributed by atoms with E-state index in [4.69, 9.17) is 0 Å². The van der Waals surface area contributed by atoms with E-state index < -0.39 is 0 Å². The van der Waals surface area contributed by atoms with Gasteiger partial charge in [-0.2, -0.15) is 0 Å². The van der Waals surface area contributed by atoms with E-state index in [9.17, 15) is 4.79 Å². The van der Waals surface area contributed by atoms with Crippen molar-refractivity contribution in [2.24, 2.45) is 0 Å². The van der Waals surface area contributed by atoms with Gasteiger partial charge >= 0.3 is 0 Å². The molecule has 2 N–H and O–H groups in total. The van der Waals surface area contributed by atoms with E-state index in [1.807, 2.05) is 32.0 Å². The van der Waals surface area contributed by atoms with Crippen LogP contribution in [-0.4, -0.2) is 18.1 Å². The second-order valence-corrected chi connectivity index (χ2v) is 5.94. The van der Waals surface area contributed by atoms with Crippen molar-refractivity contribution in [1.29, 1.82) is 0 Å². The Bertz CT molecular complexity index is 673. The number of hydrogen-bond acceptors (Lipinski definition) is 1. The van der Waals surface area contributed by atoms with E-state index in [-0.39, 0.29) is 5.43 Å². The quantitative estimate of drug-likeness (QED) is 0.841. The summed E-state index contributed by atoms with van der Waals surface area (Å²) >= 11 is 0. The number of pyridine rings is 1. The second kappa shape index (κ2) is 6.90. The van der Waals surface area contributed by atoms with E-state index in [1.54, 1.807) is 0 Å². The fraction of sp³-hybridized carbons (Fsp3) is 0.500. The first kappa shape index (κ1) is 15.8. The second-order valence-electron chi connectivity index (χ2n) is 5.94. The maximum Gasteiger partial charge on any atom is 0.198 e. The Labute approximate surface area is 127 Å². The summed E-state index contributed by atoms with van der Waals surface area (Å²) in [5, 5.41) is 0.821. The minimum atomic E-state index is 0.201. The smallest absolute Gasteiger partial charge is 0.198 e. The molecule has 1 aromatic heterocycles. The van der Waals surface area contributed by atoms with Gasteiger partial charge in [0.1, 0.15) is 6.54 Å². The zero-order chi connectivity index (χ0) is 15.4. The molecule has 0 aliphatic heterocycles. The Morgan fingerprint density at radius 2 is 1.95 bits per heavy atom. The molecule has 0 aliphatic rings. The van der Waals surface area contributed by atoms with Crippen molar-refractivity contribution in [3.63, 3.8) is 0 Å². The monoisotopic (exact) mass is 287 g/mol. The Hall–Kier alpha value is -1.61. The van der Waals surface area contributed by atoms with Crippen molar-refractivity contribution in [2.75, 3.05) is 13.1 Å². The van der Waals surface area contributed by atoms with Crippen molar-refractivity contribution in [3.8, 4) is 0 Å². The highest BCUT2D eigenvalue weighted by molar-refractivity contribution is 5.82. The van der Waals surface area contributed by atoms with Crippen LogP contribution in [0, 0.1) is 13.8 Å². The van der Waals surface area contributed by atoms with Crippen LogP contribution in [0.2, 0.25) is 0 Å². The predicted molar refractivity (Wildman–Crippen MR) is 89.0 cm³/mol. The third-order valence-electron chi connectivity index (χ3n) is 4.37. The molecule has 1 heterocycles. The van der Waals surface area contributed by atoms with Gasteiger partial charge in [0.2, 0.25) is 0 Å². The molecule has 1 atom stereocenters. The number of hydrogen-bond donors (Lipinski definition) is 2. The van der Waals surface area contributed by atoms with Crippen LogP contribution in [0.3, 0.4) is 0 Å².